The highest BCUT2D eigenvalue weighted by Gasteiger charge is 2.43. The largest absolute Gasteiger partial charge is 0.484 e. The molecular formula is C25H21NO2S3. The second-order valence-electron chi connectivity index (χ2n) is 8.26. The molecule has 4 aromatic rings. The Kier molecular flexibility index (Phi) is 4.96. The van der Waals surface area contributed by atoms with Crippen molar-refractivity contribution in [3.8, 4) is 16.9 Å². The van der Waals surface area contributed by atoms with E-state index < -0.39 is 5.54 Å². The normalized spacial score (nSPS) is 14.2. The molecule has 3 aromatic carbocycles. The van der Waals surface area contributed by atoms with Crippen LogP contribution in [0.3, 0.4) is 0 Å². The summed E-state index contributed by atoms with van der Waals surface area (Å²) in [6.45, 7) is 6.19. The highest BCUT2D eigenvalue weighted by atomic mass is 32.9. The molecule has 0 spiro atoms. The van der Waals surface area contributed by atoms with Crippen LogP contribution in [0.5, 0.6) is 5.75 Å². The zero-order chi connectivity index (χ0) is 21.8. The van der Waals surface area contributed by atoms with Crippen LogP contribution < -0.4 is 9.64 Å². The van der Waals surface area contributed by atoms with Gasteiger partial charge in [-0.1, -0.05) is 75.4 Å². The third-order valence-electron chi connectivity index (χ3n) is 5.74. The van der Waals surface area contributed by atoms with Gasteiger partial charge in [0.1, 0.15) is 9.57 Å². The fourth-order valence-corrected chi connectivity index (χ4v) is 7.53. The lowest BCUT2D eigenvalue weighted by molar-refractivity contribution is -0.121. The van der Waals surface area contributed by atoms with E-state index >= 15 is 0 Å². The maximum Gasteiger partial charge on any atom is 0.265 e. The number of anilines is 1. The Morgan fingerprint density at radius 3 is 2.61 bits per heavy atom. The van der Waals surface area contributed by atoms with E-state index in [1.807, 2.05) is 48.2 Å². The molecule has 31 heavy (non-hydrogen) atoms. The topological polar surface area (TPSA) is 29.5 Å². The first-order valence-electron chi connectivity index (χ1n) is 10.1. The highest BCUT2D eigenvalue weighted by Crippen LogP contribution is 2.52. The molecule has 0 bridgehead atoms. The number of hydrogen-bond donors (Lipinski definition) is 0. The van der Waals surface area contributed by atoms with Crippen molar-refractivity contribution in [2.45, 2.75) is 26.3 Å². The molecule has 5 rings (SSSR count). The van der Waals surface area contributed by atoms with Crippen LogP contribution in [0.4, 0.5) is 5.69 Å². The zero-order valence-corrected chi connectivity index (χ0v) is 19.9. The van der Waals surface area contributed by atoms with Gasteiger partial charge in [-0.3, -0.25) is 9.69 Å². The van der Waals surface area contributed by atoms with Gasteiger partial charge in [0.05, 0.1) is 16.1 Å². The van der Waals surface area contributed by atoms with Crippen LogP contribution in [0.1, 0.15) is 24.3 Å². The SMILES string of the molecule is Cc1ccc2c(c1)N(C(=O)COc1ccc3ccccc3c1)C(C)(C)c1ssc(=S)c1-2. The number of nitrogens with zero attached hydrogens (tertiary/aromatic N) is 1. The van der Waals surface area contributed by atoms with E-state index in [9.17, 15) is 4.79 Å². The number of hydrogen-bond acceptors (Lipinski definition) is 5. The smallest absolute Gasteiger partial charge is 0.265 e. The Morgan fingerprint density at radius 2 is 1.81 bits per heavy atom. The summed E-state index contributed by atoms with van der Waals surface area (Å²) in [5.41, 5.74) is 3.64. The summed E-state index contributed by atoms with van der Waals surface area (Å²) in [6.07, 6.45) is 0. The summed E-state index contributed by atoms with van der Waals surface area (Å²) in [6, 6.07) is 20.3. The molecule has 0 atom stereocenters. The van der Waals surface area contributed by atoms with E-state index in [1.54, 1.807) is 20.7 Å². The minimum absolute atomic E-state index is 0.0278. The molecule has 1 aromatic heterocycles. The Labute approximate surface area is 193 Å². The number of ether oxygens (including phenoxy) is 1. The van der Waals surface area contributed by atoms with Crippen LogP contribution in [0.15, 0.2) is 60.7 Å². The van der Waals surface area contributed by atoms with Crippen LogP contribution in [-0.2, 0) is 10.3 Å². The number of amides is 1. The van der Waals surface area contributed by atoms with Crippen LogP contribution >= 0.6 is 32.9 Å². The average Bonchev–Trinajstić information content (AvgIpc) is 3.14. The van der Waals surface area contributed by atoms with Crippen molar-refractivity contribution >= 4 is 55.3 Å². The molecular weight excluding hydrogens is 442 g/mol. The molecule has 6 heteroatoms. The first-order valence-corrected chi connectivity index (χ1v) is 12.6. The lowest BCUT2D eigenvalue weighted by Crippen LogP contribution is -2.49. The molecule has 0 saturated heterocycles. The molecule has 0 unspecified atom stereocenters. The van der Waals surface area contributed by atoms with Gasteiger partial charge in [-0.25, -0.2) is 0 Å². The first kappa shape index (κ1) is 20.4. The van der Waals surface area contributed by atoms with Gasteiger partial charge in [0, 0.05) is 11.1 Å². The summed E-state index contributed by atoms with van der Waals surface area (Å²) in [5, 5.41) is 2.24. The molecule has 1 aliphatic heterocycles. The van der Waals surface area contributed by atoms with E-state index in [0.29, 0.717) is 5.75 Å². The molecule has 156 valence electrons. The Morgan fingerprint density at radius 1 is 1.03 bits per heavy atom. The standard InChI is InChI=1S/C25H21NO2S3/c1-15-8-11-19-20(12-15)26(25(2,3)23-22(19)24(29)31-30-23)21(27)14-28-18-10-9-16-6-4-5-7-17(16)13-18/h4-13H,14H2,1-3H3. The molecule has 0 aliphatic carbocycles. The summed E-state index contributed by atoms with van der Waals surface area (Å²) < 4.78 is 6.84. The number of carbonyl (C=O) groups excluding carboxylic acids is 1. The first-order chi connectivity index (χ1) is 14.9. The van der Waals surface area contributed by atoms with Gasteiger partial charge in [0.15, 0.2) is 6.61 Å². The monoisotopic (exact) mass is 463 g/mol. The maximum absolute atomic E-state index is 13.5. The number of fused-ring (bicyclic) bond motifs is 4. The molecule has 0 N–H and O–H groups in total. The van der Waals surface area contributed by atoms with Gasteiger partial charge in [-0.05, 0) is 55.3 Å². The van der Waals surface area contributed by atoms with Gasteiger partial charge in [0.2, 0.25) is 0 Å². The minimum Gasteiger partial charge on any atom is -0.484 e. The highest BCUT2D eigenvalue weighted by molar-refractivity contribution is 7.80. The van der Waals surface area contributed by atoms with Crippen molar-refractivity contribution in [2.24, 2.45) is 0 Å². The number of benzene rings is 3. The van der Waals surface area contributed by atoms with E-state index in [0.717, 1.165) is 41.9 Å². The zero-order valence-electron chi connectivity index (χ0n) is 17.5. The molecule has 0 saturated carbocycles. The van der Waals surface area contributed by atoms with E-state index in [1.165, 1.54) is 0 Å². The number of rotatable bonds is 3. The van der Waals surface area contributed by atoms with E-state index in [4.69, 9.17) is 17.0 Å². The predicted octanol–water partition coefficient (Wildman–Crippen LogP) is 7.33. The van der Waals surface area contributed by atoms with Crippen molar-refractivity contribution in [2.75, 3.05) is 11.5 Å². The van der Waals surface area contributed by atoms with Gasteiger partial charge in [-0.2, -0.15) is 0 Å². The average molecular weight is 464 g/mol. The summed E-state index contributed by atoms with van der Waals surface area (Å²) in [4.78, 5) is 16.5. The number of carbonyl (C=O) groups is 1. The summed E-state index contributed by atoms with van der Waals surface area (Å²) in [7, 11) is 3.27. The van der Waals surface area contributed by atoms with Gasteiger partial charge >= 0.3 is 0 Å². The third kappa shape index (κ3) is 3.39. The van der Waals surface area contributed by atoms with Crippen LogP contribution in [0, 0.1) is 10.7 Å². The van der Waals surface area contributed by atoms with Gasteiger partial charge in [-0.15, -0.1) is 0 Å². The fraction of sp³-hybridized carbons (Fsp3) is 0.200. The van der Waals surface area contributed by atoms with Gasteiger partial charge < -0.3 is 4.74 Å². The van der Waals surface area contributed by atoms with E-state index in [2.05, 4.69) is 38.1 Å². The Hall–Kier alpha value is -2.54. The molecule has 0 fully saturated rings. The van der Waals surface area contributed by atoms with Crippen molar-refractivity contribution in [3.05, 3.63) is 74.9 Å². The van der Waals surface area contributed by atoms with Crippen molar-refractivity contribution in [3.63, 3.8) is 0 Å². The molecule has 2 heterocycles. The maximum atomic E-state index is 13.5. The van der Waals surface area contributed by atoms with Crippen LogP contribution in [-0.4, -0.2) is 12.5 Å². The summed E-state index contributed by atoms with van der Waals surface area (Å²) >= 11 is 5.64. The second-order valence-corrected chi connectivity index (χ2v) is 11.1. The van der Waals surface area contributed by atoms with Crippen LogP contribution in [0.2, 0.25) is 0 Å². The van der Waals surface area contributed by atoms with E-state index in [-0.39, 0.29) is 12.5 Å². The van der Waals surface area contributed by atoms with Crippen molar-refractivity contribution in [1.29, 1.82) is 0 Å². The molecule has 1 aliphatic rings. The molecule has 1 amide bonds. The molecule has 3 nitrogen and oxygen atoms in total. The Bertz CT molecular complexity index is 1380. The fourth-order valence-electron chi connectivity index (χ4n) is 4.25. The van der Waals surface area contributed by atoms with Crippen molar-refractivity contribution < 1.29 is 9.53 Å². The lowest BCUT2D eigenvalue weighted by Gasteiger charge is -2.43. The summed E-state index contributed by atoms with van der Waals surface area (Å²) in [5.74, 6) is 0.623. The molecule has 0 radical (unpaired) electrons. The Balaban J connectivity index is 1.50. The van der Waals surface area contributed by atoms with Crippen LogP contribution in [0.25, 0.3) is 21.9 Å². The third-order valence-corrected chi connectivity index (χ3v) is 9.07. The predicted molar refractivity (Wildman–Crippen MR) is 133 cm³/mol. The van der Waals surface area contributed by atoms with Crippen molar-refractivity contribution in [1.82, 2.24) is 0 Å². The lowest BCUT2D eigenvalue weighted by atomic mass is 9.87. The minimum atomic E-state index is -0.502. The quantitative estimate of drug-likeness (QED) is 0.235. The number of aryl methyl sites for hydroxylation is 1. The second kappa shape index (κ2) is 7.55. The van der Waals surface area contributed by atoms with Gasteiger partial charge in [0.25, 0.3) is 5.91 Å².